The van der Waals surface area contributed by atoms with Crippen LogP contribution in [-0.2, 0) is 4.79 Å². The number of nitrogens with two attached hydrogens (primary N) is 1. The summed E-state index contributed by atoms with van der Waals surface area (Å²) < 4.78 is 11.4. The van der Waals surface area contributed by atoms with Crippen LogP contribution in [0, 0.1) is 11.3 Å². The number of carbonyl (C=O) groups excluding carboxylic acids is 2. The van der Waals surface area contributed by atoms with E-state index in [1.807, 2.05) is 12.1 Å². The van der Waals surface area contributed by atoms with Crippen molar-refractivity contribution in [2.24, 2.45) is 5.73 Å². The van der Waals surface area contributed by atoms with Crippen LogP contribution in [0.4, 0.5) is 5.69 Å². The minimum Gasteiger partial charge on any atom is -0.493 e. The van der Waals surface area contributed by atoms with E-state index in [0.717, 1.165) is 5.56 Å². The zero-order valence-corrected chi connectivity index (χ0v) is 17.3. The van der Waals surface area contributed by atoms with Crippen molar-refractivity contribution in [2.45, 2.75) is 12.3 Å². The average molecular weight is 428 g/mol. The summed E-state index contributed by atoms with van der Waals surface area (Å²) in [6.07, 6.45) is 1.76. The Kier molecular flexibility index (Phi) is 5.73. The van der Waals surface area contributed by atoms with Crippen LogP contribution in [0.1, 0.15) is 34.0 Å². The predicted octanol–water partition coefficient (Wildman–Crippen LogP) is 3.37. The number of nitriles is 1. The molecule has 1 saturated heterocycles. The van der Waals surface area contributed by atoms with Gasteiger partial charge in [0, 0.05) is 30.8 Å². The Morgan fingerprint density at radius 2 is 1.97 bits per heavy atom. The van der Waals surface area contributed by atoms with Gasteiger partial charge in [-0.15, -0.1) is 0 Å². The molecule has 0 radical (unpaired) electrons. The molecule has 8 heteroatoms. The number of hydrogen-bond acceptors (Lipinski definition) is 6. The van der Waals surface area contributed by atoms with Crippen molar-refractivity contribution >= 4 is 17.5 Å². The molecular formula is C24H20N4O4. The Balaban J connectivity index is 1.61. The molecule has 2 N–H and O–H groups in total. The van der Waals surface area contributed by atoms with E-state index in [1.54, 1.807) is 48.4 Å². The fraction of sp³-hybridized carbons (Fsp3) is 0.167. The molecule has 1 aromatic heterocycles. The van der Waals surface area contributed by atoms with Gasteiger partial charge in [0.1, 0.15) is 17.5 Å². The highest BCUT2D eigenvalue weighted by Gasteiger charge is 2.32. The van der Waals surface area contributed by atoms with Crippen LogP contribution in [0.5, 0.6) is 17.2 Å². The van der Waals surface area contributed by atoms with E-state index in [0.29, 0.717) is 41.5 Å². The molecule has 2 heterocycles. The number of benzene rings is 2. The summed E-state index contributed by atoms with van der Waals surface area (Å²) in [6, 6.07) is 17.7. The normalized spacial score (nSPS) is 15.3. The number of primary amides is 1. The van der Waals surface area contributed by atoms with Gasteiger partial charge in [0.2, 0.25) is 5.91 Å². The van der Waals surface area contributed by atoms with Crippen LogP contribution in [-0.4, -0.2) is 30.5 Å². The summed E-state index contributed by atoms with van der Waals surface area (Å²) in [6.45, 7) is 0.432. The van der Waals surface area contributed by atoms with E-state index >= 15 is 0 Å². The standard InChI is InChI=1S/C24H20N4O4/c1-31-21-7-6-15(10-22(21)32-20-5-3-2-4-16(20)13-25)17-11-23(29)28(14-17)18-8-9-27-19(12-18)24(26)30/h2-10,12,17H,11,14H2,1H3,(H2,26,30). The molecule has 8 nitrogen and oxygen atoms in total. The molecule has 160 valence electrons. The quantitative estimate of drug-likeness (QED) is 0.643. The van der Waals surface area contributed by atoms with Crippen molar-refractivity contribution in [1.82, 2.24) is 4.98 Å². The van der Waals surface area contributed by atoms with Crippen molar-refractivity contribution in [3.05, 3.63) is 77.6 Å². The second-order valence-electron chi connectivity index (χ2n) is 7.29. The molecule has 1 fully saturated rings. The lowest BCUT2D eigenvalue weighted by molar-refractivity contribution is -0.117. The number of aromatic nitrogens is 1. The third kappa shape index (κ3) is 4.09. The zero-order chi connectivity index (χ0) is 22.7. The van der Waals surface area contributed by atoms with Crippen molar-refractivity contribution < 1.29 is 19.1 Å². The van der Waals surface area contributed by atoms with Crippen LogP contribution in [0.25, 0.3) is 0 Å². The first-order valence-corrected chi connectivity index (χ1v) is 9.91. The fourth-order valence-corrected chi connectivity index (χ4v) is 3.70. The molecule has 2 amide bonds. The Morgan fingerprint density at radius 3 is 2.72 bits per heavy atom. The first-order valence-electron chi connectivity index (χ1n) is 9.91. The maximum atomic E-state index is 12.7. The number of ether oxygens (including phenoxy) is 2. The van der Waals surface area contributed by atoms with E-state index < -0.39 is 5.91 Å². The highest BCUT2D eigenvalue weighted by atomic mass is 16.5. The molecule has 1 aliphatic heterocycles. The maximum Gasteiger partial charge on any atom is 0.267 e. The van der Waals surface area contributed by atoms with Crippen molar-refractivity contribution in [3.63, 3.8) is 0 Å². The Hall–Kier alpha value is -4.38. The SMILES string of the molecule is COc1ccc(C2CC(=O)N(c3ccnc(C(N)=O)c3)C2)cc1Oc1ccccc1C#N. The number of carbonyl (C=O) groups is 2. The predicted molar refractivity (Wildman–Crippen MR) is 117 cm³/mol. The third-order valence-electron chi connectivity index (χ3n) is 5.32. The number of amides is 2. The van der Waals surface area contributed by atoms with Crippen LogP contribution < -0.4 is 20.1 Å². The second kappa shape index (κ2) is 8.78. The van der Waals surface area contributed by atoms with Gasteiger partial charge in [0.25, 0.3) is 5.91 Å². The van der Waals surface area contributed by atoms with Crippen molar-refractivity contribution in [1.29, 1.82) is 5.26 Å². The topological polar surface area (TPSA) is 119 Å². The minimum atomic E-state index is -0.648. The smallest absolute Gasteiger partial charge is 0.267 e. The molecule has 0 aliphatic carbocycles. The molecule has 4 rings (SSSR count). The molecular weight excluding hydrogens is 408 g/mol. The van der Waals surface area contributed by atoms with Gasteiger partial charge in [-0.25, -0.2) is 0 Å². The highest BCUT2D eigenvalue weighted by Crippen LogP contribution is 2.38. The number of hydrogen-bond donors (Lipinski definition) is 1. The highest BCUT2D eigenvalue weighted by molar-refractivity contribution is 5.98. The van der Waals surface area contributed by atoms with Crippen LogP contribution >= 0.6 is 0 Å². The number of rotatable bonds is 6. The number of para-hydroxylation sites is 1. The summed E-state index contributed by atoms with van der Waals surface area (Å²) in [5.41, 5.74) is 7.30. The molecule has 0 spiro atoms. The second-order valence-corrected chi connectivity index (χ2v) is 7.29. The lowest BCUT2D eigenvalue weighted by Crippen LogP contribution is -2.25. The third-order valence-corrected chi connectivity index (χ3v) is 5.32. The van der Waals surface area contributed by atoms with Gasteiger partial charge in [-0.3, -0.25) is 14.6 Å². The van der Waals surface area contributed by atoms with Gasteiger partial charge in [-0.1, -0.05) is 18.2 Å². The van der Waals surface area contributed by atoms with E-state index in [9.17, 15) is 14.9 Å². The van der Waals surface area contributed by atoms with Crippen LogP contribution in [0.15, 0.2) is 60.8 Å². The molecule has 0 bridgehead atoms. The van der Waals surface area contributed by atoms with E-state index in [-0.39, 0.29) is 17.5 Å². The molecule has 1 unspecified atom stereocenters. The van der Waals surface area contributed by atoms with Crippen molar-refractivity contribution in [2.75, 3.05) is 18.6 Å². The molecule has 1 aliphatic rings. The number of pyridine rings is 1. The van der Waals surface area contributed by atoms with Gasteiger partial charge >= 0.3 is 0 Å². The van der Waals surface area contributed by atoms with Crippen LogP contribution in [0.2, 0.25) is 0 Å². The molecule has 3 aromatic rings. The van der Waals surface area contributed by atoms with E-state index in [1.165, 1.54) is 12.3 Å². The van der Waals surface area contributed by atoms with Crippen LogP contribution in [0.3, 0.4) is 0 Å². The van der Waals surface area contributed by atoms with Crippen molar-refractivity contribution in [3.8, 4) is 23.3 Å². The summed E-state index contributed by atoms with van der Waals surface area (Å²) in [7, 11) is 1.54. The van der Waals surface area contributed by atoms with Gasteiger partial charge in [-0.05, 0) is 42.0 Å². The molecule has 0 saturated carbocycles. The summed E-state index contributed by atoms with van der Waals surface area (Å²) in [5.74, 6) is 0.591. The largest absolute Gasteiger partial charge is 0.493 e. The van der Waals surface area contributed by atoms with Gasteiger partial charge in [0.15, 0.2) is 11.5 Å². The fourth-order valence-electron chi connectivity index (χ4n) is 3.70. The van der Waals surface area contributed by atoms with Gasteiger partial charge in [-0.2, -0.15) is 5.26 Å². The lowest BCUT2D eigenvalue weighted by Gasteiger charge is -2.18. The summed E-state index contributed by atoms with van der Waals surface area (Å²) in [4.78, 5) is 29.7. The van der Waals surface area contributed by atoms with Gasteiger partial charge in [0.05, 0.1) is 12.7 Å². The zero-order valence-electron chi connectivity index (χ0n) is 17.3. The number of methoxy groups -OCH3 is 1. The monoisotopic (exact) mass is 428 g/mol. The Morgan fingerprint density at radius 1 is 1.16 bits per heavy atom. The Labute approximate surface area is 184 Å². The van der Waals surface area contributed by atoms with Gasteiger partial charge < -0.3 is 20.1 Å². The summed E-state index contributed by atoms with van der Waals surface area (Å²) >= 11 is 0. The van der Waals surface area contributed by atoms with E-state index in [4.69, 9.17) is 15.2 Å². The van der Waals surface area contributed by atoms with E-state index in [2.05, 4.69) is 11.1 Å². The maximum absolute atomic E-state index is 12.7. The molecule has 1 atom stereocenters. The number of nitrogens with zero attached hydrogens (tertiary/aromatic N) is 3. The lowest BCUT2D eigenvalue weighted by atomic mass is 9.98. The Bertz CT molecular complexity index is 1230. The first-order chi connectivity index (χ1) is 15.5. The summed E-state index contributed by atoms with van der Waals surface area (Å²) in [5, 5.41) is 9.33. The molecule has 2 aromatic carbocycles. The number of anilines is 1. The average Bonchev–Trinajstić information content (AvgIpc) is 3.21. The molecule has 32 heavy (non-hydrogen) atoms. The minimum absolute atomic E-state index is 0.0651. The first kappa shape index (κ1) is 20.9.